The first-order chi connectivity index (χ1) is 14.5. The van der Waals surface area contributed by atoms with E-state index in [9.17, 15) is 9.59 Å². The van der Waals surface area contributed by atoms with Gasteiger partial charge in [-0.1, -0.05) is 0 Å². The van der Waals surface area contributed by atoms with Gasteiger partial charge in [-0.3, -0.25) is 9.59 Å². The Labute approximate surface area is 174 Å². The zero-order valence-corrected chi connectivity index (χ0v) is 17.1. The molecule has 158 valence electrons. The molecule has 2 aromatic heterocycles. The number of carbonyl (C=O) groups is 1. The van der Waals surface area contributed by atoms with Gasteiger partial charge in [-0.2, -0.15) is 0 Å². The van der Waals surface area contributed by atoms with E-state index in [4.69, 9.17) is 10.5 Å². The van der Waals surface area contributed by atoms with Gasteiger partial charge in [-0.05, 0) is 49.9 Å². The summed E-state index contributed by atoms with van der Waals surface area (Å²) in [4.78, 5) is 34.1. The van der Waals surface area contributed by atoms with E-state index in [1.54, 1.807) is 6.07 Å². The molecule has 0 bridgehead atoms. The predicted molar refractivity (Wildman–Crippen MR) is 117 cm³/mol. The smallest absolute Gasteiger partial charge is 0.265 e. The van der Waals surface area contributed by atoms with Crippen LogP contribution in [0.4, 0.5) is 0 Å². The molecule has 4 N–H and O–H groups in total. The van der Waals surface area contributed by atoms with Crippen molar-refractivity contribution >= 4 is 16.8 Å². The van der Waals surface area contributed by atoms with Crippen molar-refractivity contribution in [3.8, 4) is 17.0 Å². The van der Waals surface area contributed by atoms with Gasteiger partial charge in [0, 0.05) is 43.6 Å². The zero-order valence-electron chi connectivity index (χ0n) is 17.1. The lowest BCUT2D eigenvalue weighted by Gasteiger charge is -2.32. The van der Waals surface area contributed by atoms with Gasteiger partial charge in [0.25, 0.3) is 11.5 Å². The Hall–Kier alpha value is -3.10. The van der Waals surface area contributed by atoms with Crippen molar-refractivity contribution in [2.75, 3.05) is 46.4 Å². The van der Waals surface area contributed by atoms with Crippen molar-refractivity contribution < 1.29 is 9.53 Å². The fourth-order valence-corrected chi connectivity index (χ4v) is 3.72. The number of H-pyrrole nitrogens is 2. The number of nitrogens with one attached hydrogen (secondary N) is 2. The van der Waals surface area contributed by atoms with Crippen LogP contribution in [0.2, 0.25) is 0 Å². The number of aromatic amines is 2. The number of rotatable bonds is 7. The first-order valence-corrected chi connectivity index (χ1v) is 10.2. The largest absolute Gasteiger partial charge is 0.494 e. The van der Waals surface area contributed by atoms with Crippen molar-refractivity contribution in [2.24, 2.45) is 5.73 Å². The number of ether oxygens (including phenoxy) is 1. The van der Waals surface area contributed by atoms with Crippen LogP contribution < -0.4 is 16.0 Å². The maximum Gasteiger partial charge on any atom is 0.265 e. The van der Waals surface area contributed by atoms with Crippen LogP contribution in [-0.4, -0.2) is 72.1 Å². The standard InChI is InChI=1S/C22H27N5O3/c1-26-8-10-27(11-9-26)7-2-12-30-16-3-5-18-15(13-16)14-20(24-18)17-4-6-19(21(23)28)25-22(17)29/h3-6,13-14,24H,2,7-12H2,1H3,(H2,23,28)(H,25,29). The molecule has 4 rings (SSSR count). The van der Waals surface area contributed by atoms with Crippen LogP contribution in [0.1, 0.15) is 16.9 Å². The summed E-state index contributed by atoms with van der Waals surface area (Å²) >= 11 is 0. The number of carbonyl (C=O) groups excluding carboxylic acids is 1. The summed E-state index contributed by atoms with van der Waals surface area (Å²) in [5.74, 6) is 0.147. The maximum atomic E-state index is 12.3. The Morgan fingerprint density at radius 2 is 1.90 bits per heavy atom. The van der Waals surface area contributed by atoms with Gasteiger partial charge in [-0.25, -0.2) is 0 Å². The number of amides is 1. The Morgan fingerprint density at radius 1 is 1.10 bits per heavy atom. The van der Waals surface area contributed by atoms with E-state index in [1.165, 1.54) is 6.07 Å². The molecule has 8 nitrogen and oxygen atoms in total. The number of piperazine rings is 1. The topological polar surface area (TPSA) is 107 Å². The highest BCUT2D eigenvalue weighted by molar-refractivity contribution is 5.91. The van der Waals surface area contributed by atoms with E-state index < -0.39 is 5.91 Å². The van der Waals surface area contributed by atoms with Crippen LogP contribution in [0.15, 0.2) is 41.2 Å². The molecule has 0 saturated carbocycles. The molecule has 1 aromatic carbocycles. The van der Waals surface area contributed by atoms with Crippen LogP contribution in [0, 0.1) is 0 Å². The molecule has 3 heterocycles. The minimum Gasteiger partial charge on any atom is -0.494 e. The summed E-state index contributed by atoms with van der Waals surface area (Å²) in [6.45, 7) is 6.21. The minimum absolute atomic E-state index is 0.0899. The maximum absolute atomic E-state index is 12.3. The SMILES string of the molecule is CN1CCN(CCCOc2ccc3[nH]c(-c4ccc(C(N)=O)[nH]c4=O)cc3c2)CC1. The fraction of sp³-hybridized carbons (Fsp3) is 0.364. The Kier molecular flexibility index (Phi) is 5.87. The average molecular weight is 409 g/mol. The molecular formula is C22H27N5O3. The fourth-order valence-electron chi connectivity index (χ4n) is 3.72. The Morgan fingerprint density at radius 3 is 2.63 bits per heavy atom. The molecule has 0 unspecified atom stereocenters. The van der Waals surface area contributed by atoms with Crippen LogP contribution in [0.5, 0.6) is 5.75 Å². The van der Waals surface area contributed by atoms with Crippen molar-refractivity contribution in [3.63, 3.8) is 0 Å². The molecule has 1 aliphatic rings. The quantitative estimate of drug-likeness (QED) is 0.514. The third kappa shape index (κ3) is 4.55. The second kappa shape index (κ2) is 8.73. The first-order valence-electron chi connectivity index (χ1n) is 10.2. The third-order valence-electron chi connectivity index (χ3n) is 5.54. The van der Waals surface area contributed by atoms with Crippen molar-refractivity contribution in [1.29, 1.82) is 0 Å². The summed E-state index contributed by atoms with van der Waals surface area (Å²) in [5.41, 5.74) is 6.97. The van der Waals surface area contributed by atoms with E-state index in [1.807, 2.05) is 24.3 Å². The molecule has 1 fully saturated rings. The highest BCUT2D eigenvalue weighted by Crippen LogP contribution is 2.25. The van der Waals surface area contributed by atoms with Gasteiger partial charge >= 0.3 is 0 Å². The minimum atomic E-state index is -0.662. The molecule has 0 radical (unpaired) electrons. The normalized spacial score (nSPS) is 15.5. The molecule has 1 aliphatic heterocycles. The van der Waals surface area contributed by atoms with Gasteiger partial charge in [-0.15, -0.1) is 0 Å². The molecule has 8 heteroatoms. The summed E-state index contributed by atoms with van der Waals surface area (Å²) in [7, 11) is 2.16. The lowest BCUT2D eigenvalue weighted by molar-refractivity contribution is 0.0995. The molecular weight excluding hydrogens is 382 g/mol. The number of aromatic nitrogens is 2. The second-order valence-electron chi connectivity index (χ2n) is 7.76. The second-order valence-corrected chi connectivity index (χ2v) is 7.76. The molecule has 30 heavy (non-hydrogen) atoms. The van der Waals surface area contributed by atoms with E-state index in [2.05, 4.69) is 26.8 Å². The number of nitrogens with zero attached hydrogens (tertiary/aromatic N) is 2. The monoisotopic (exact) mass is 409 g/mol. The van der Waals surface area contributed by atoms with E-state index in [-0.39, 0.29) is 11.3 Å². The highest BCUT2D eigenvalue weighted by Gasteiger charge is 2.13. The third-order valence-corrected chi connectivity index (χ3v) is 5.54. The number of hydrogen-bond donors (Lipinski definition) is 3. The molecule has 0 aliphatic carbocycles. The lowest BCUT2D eigenvalue weighted by Crippen LogP contribution is -2.44. The number of primary amides is 1. The van der Waals surface area contributed by atoms with Crippen molar-refractivity contribution in [2.45, 2.75) is 6.42 Å². The number of nitrogens with two attached hydrogens (primary N) is 1. The lowest BCUT2D eigenvalue weighted by atomic mass is 10.1. The van der Waals surface area contributed by atoms with Crippen LogP contribution in [-0.2, 0) is 0 Å². The summed E-state index contributed by atoms with van der Waals surface area (Å²) in [6, 6.07) is 10.9. The zero-order chi connectivity index (χ0) is 21.1. The molecule has 0 spiro atoms. The van der Waals surface area contributed by atoms with Gasteiger partial charge in [0.1, 0.15) is 11.4 Å². The highest BCUT2D eigenvalue weighted by atomic mass is 16.5. The number of likely N-dealkylation sites (N-methyl/N-ethyl adjacent to an activating group) is 1. The van der Waals surface area contributed by atoms with Crippen LogP contribution >= 0.6 is 0 Å². The van der Waals surface area contributed by atoms with Crippen LogP contribution in [0.3, 0.4) is 0 Å². The number of benzene rings is 1. The van der Waals surface area contributed by atoms with E-state index in [0.717, 1.165) is 55.8 Å². The van der Waals surface area contributed by atoms with Gasteiger partial charge in [0.15, 0.2) is 0 Å². The van der Waals surface area contributed by atoms with Gasteiger partial charge in [0.05, 0.1) is 17.9 Å². The summed E-state index contributed by atoms with van der Waals surface area (Å²) < 4.78 is 5.94. The predicted octanol–water partition coefficient (Wildman–Crippen LogP) is 1.64. The molecule has 1 saturated heterocycles. The molecule has 0 atom stereocenters. The molecule has 1 amide bonds. The van der Waals surface area contributed by atoms with E-state index in [0.29, 0.717) is 17.9 Å². The number of fused-ring (bicyclic) bond motifs is 1. The number of hydrogen-bond acceptors (Lipinski definition) is 5. The van der Waals surface area contributed by atoms with Crippen molar-refractivity contribution in [3.05, 3.63) is 52.4 Å². The Bertz CT molecular complexity index is 1100. The summed E-state index contributed by atoms with van der Waals surface area (Å²) in [5, 5.41) is 0.958. The Balaban J connectivity index is 1.39. The molecule has 3 aromatic rings. The average Bonchev–Trinajstić information content (AvgIpc) is 3.15. The first kappa shape index (κ1) is 20.2. The van der Waals surface area contributed by atoms with Gasteiger partial charge in [0.2, 0.25) is 0 Å². The summed E-state index contributed by atoms with van der Waals surface area (Å²) in [6.07, 6.45) is 0.988. The van der Waals surface area contributed by atoms with Crippen molar-refractivity contribution in [1.82, 2.24) is 19.8 Å². The van der Waals surface area contributed by atoms with E-state index >= 15 is 0 Å². The number of pyridine rings is 1. The van der Waals surface area contributed by atoms with Gasteiger partial charge < -0.3 is 30.2 Å². The van der Waals surface area contributed by atoms with Crippen LogP contribution in [0.25, 0.3) is 22.2 Å².